The van der Waals surface area contributed by atoms with E-state index in [2.05, 4.69) is 5.16 Å². The van der Waals surface area contributed by atoms with Crippen molar-refractivity contribution in [1.29, 1.82) is 0 Å². The number of rotatable bonds is 1. The van der Waals surface area contributed by atoms with Crippen molar-refractivity contribution in [2.24, 2.45) is 0 Å². The molecule has 3 aromatic rings. The van der Waals surface area contributed by atoms with Gasteiger partial charge in [-0.25, -0.2) is 0 Å². The normalized spacial score (nSPS) is 10.8. The van der Waals surface area contributed by atoms with Crippen LogP contribution >= 0.6 is 0 Å². The SMILES string of the molecule is Cc1cccc2c(-c3ccccc3)noc12. The van der Waals surface area contributed by atoms with Gasteiger partial charge < -0.3 is 4.52 Å². The lowest BCUT2D eigenvalue weighted by Crippen LogP contribution is -1.77. The molecule has 2 nitrogen and oxygen atoms in total. The maximum atomic E-state index is 5.38. The molecule has 1 heterocycles. The summed E-state index contributed by atoms with van der Waals surface area (Å²) in [6, 6.07) is 16.2. The molecule has 2 heteroatoms. The minimum absolute atomic E-state index is 0.876. The maximum absolute atomic E-state index is 5.38. The maximum Gasteiger partial charge on any atom is 0.170 e. The Kier molecular flexibility index (Phi) is 2.00. The van der Waals surface area contributed by atoms with Crippen LogP contribution in [0.15, 0.2) is 53.1 Å². The van der Waals surface area contributed by atoms with E-state index in [1.54, 1.807) is 0 Å². The largest absolute Gasteiger partial charge is 0.355 e. The van der Waals surface area contributed by atoms with Gasteiger partial charge >= 0.3 is 0 Å². The molecule has 0 saturated heterocycles. The van der Waals surface area contributed by atoms with Crippen LogP contribution in [-0.4, -0.2) is 5.16 Å². The molecule has 0 bridgehead atoms. The Morgan fingerprint density at radius 1 is 0.938 bits per heavy atom. The van der Waals surface area contributed by atoms with Crippen LogP contribution in [0.5, 0.6) is 0 Å². The molecule has 0 unspecified atom stereocenters. The Balaban J connectivity index is 2.30. The molecular formula is C14H11NO. The molecule has 0 N–H and O–H groups in total. The summed E-state index contributed by atoms with van der Waals surface area (Å²) in [6.07, 6.45) is 0. The highest BCUT2D eigenvalue weighted by Gasteiger charge is 2.10. The third-order valence-corrected chi connectivity index (χ3v) is 2.74. The van der Waals surface area contributed by atoms with E-state index in [0.29, 0.717) is 0 Å². The van der Waals surface area contributed by atoms with Crippen LogP contribution < -0.4 is 0 Å². The number of fused-ring (bicyclic) bond motifs is 1. The Hall–Kier alpha value is -2.09. The zero-order valence-electron chi connectivity index (χ0n) is 8.97. The van der Waals surface area contributed by atoms with Gasteiger partial charge in [-0.05, 0) is 18.6 Å². The Labute approximate surface area is 93.5 Å². The standard InChI is InChI=1S/C14H11NO/c1-10-6-5-9-12-13(15-16-14(10)12)11-7-3-2-4-8-11/h2-9H,1H3. The van der Waals surface area contributed by atoms with Crippen molar-refractivity contribution in [1.82, 2.24) is 5.16 Å². The summed E-state index contributed by atoms with van der Waals surface area (Å²) >= 11 is 0. The van der Waals surface area contributed by atoms with E-state index in [1.165, 1.54) is 0 Å². The molecular weight excluding hydrogens is 198 g/mol. The van der Waals surface area contributed by atoms with Crippen molar-refractivity contribution in [2.45, 2.75) is 6.92 Å². The van der Waals surface area contributed by atoms with Crippen molar-refractivity contribution >= 4 is 11.0 Å². The number of aryl methyl sites for hydroxylation is 1. The van der Waals surface area contributed by atoms with E-state index >= 15 is 0 Å². The number of nitrogens with zero attached hydrogens (tertiary/aromatic N) is 1. The molecule has 0 saturated carbocycles. The average molecular weight is 209 g/mol. The predicted molar refractivity (Wildman–Crippen MR) is 64.2 cm³/mol. The van der Waals surface area contributed by atoms with Crippen molar-refractivity contribution in [3.8, 4) is 11.3 Å². The molecule has 0 aliphatic rings. The second kappa shape index (κ2) is 3.49. The van der Waals surface area contributed by atoms with Gasteiger partial charge in [0.25, 0.3) is 0 Å². The summed E-state index contributed by atoms with van der Waals surface area (Å²) in [5.74, 6) is 0. The fourth-order valence-electron chi connectivity index (χ4n) is 1.90. The van der Waals surface area contributed by atoms with Gasteiger partial charge in [-0.1, -0.05) is 47.6 Å². The van der Waals surface area contributed by atoms with Gasteiger partial charge in [0.2, 0.25) is 0 Å². The van der Waals surface area contributed by atoms with E-state index in [1.807, 2.05) is 55.5 Å². The van der Waals surface area contributed by atoms with E-state index < -0.39 is 0 Å². The summed E-state index contributed by atoms with van der Waals surface area (Å²) in [7, 11) is 0. The second-order valence-electron chi connectivity index (χ2n) is 3.85. The topological polar surface area (TPSA) is 26.0 Å². The summed E-state index contributed by atoms with van der Waals surface area (Å²) < 4.78 is 5.38. The van der Waals surface area contributed by atoms with Crippen LogP contribution in [-0.2, 0) is 0 Å². The highest BCUT2D eigenvalue weighted by Crippen LogP contribution is 2.29. The summed E-state index contributed by atoms with van der Waals surface area (Å²) in [5.41, 5.74) is 4.00. The molecule has 0 spiro atoms. The zero-order valence-corrected chi connectivity index (χ0v) is 8.97. The molecule has 0 amide bonds. The molecule has 1 aromatic heterocycles. The third kappa shape index (κ3) is 1.31. The minimum Gasteiger partial charge on any atom is -0.355 e. The van der Waals surface area contributed by atoms with Gasteiger partial charge in [0, 0.05) is 10.9 Å². The molecule has 3 rings (SSSR count). The van der Waals surface area contributed by atoms with Crippen molar-refractivity contribution in [2.75, 3.05) is 0 Å². The van der Waals surface area contributed by atoms with E-state index in [4.69, 9.17) is 4.52 Å². The summed E-state index contributed by atoms with van der Waals surface area (Å²) in [6.45, 7) is 2.03. The Bertz CT molecular complexity index is 626. The van der Waals surface area contributed by atoms with Crippen LogP contribution in [0.3, 0.4) is 0 Å². The summed E-state index contributed by atoms with van der Waals surface area (Å²) in [5, 5.41) is 5.23. The molecule has 0 fully saturated rings. The number of hydrogen-bond acceptors (Lipinski definition) is 2. The number of benzene rings is 2. The van der Waals surface area contributed by atoms with E-state index in [9.17, 15) is 0 Å². The smallest absolute Gasteiger partial charge is 0.170 e. The lowest BCUT2D eigenvalue weighted by molar-refractivity contribution is 0.458. The molecule has 0 radical (unpaired) electrons. The summed E-state index contributed by atoms with van der Waals surface area (Å²) in [4.78, 5) is 0. The molecule has 0 atom stereocenters. The van der Waals surface area contributed by atoms with Gasteiger partial charge in [0.1, 0.15) is 5.69 Å². The third-order valence-electron chi connectivity index (χ3n) is 2.74. The zero-order chi connectivity index (χ0) is 11.0. The Morgan fingerprint density at radius 2 is 1.75 bits per heavy atom. The fourth-order valence-corrected chi connectivity index (χ4v) is 1.90. The van der Waals surface area contributed by atoms with Crippen molar-refractivity contribution in [3.05, 3.63) is 54.1 Å². The lowest BCUT2D eigenvalue weighted by atomic mass is 10.1. The number of para-hydroxylation sites is 1. The highest BCUT2D eigenvalue weighted by atomic mass is 16.5. The highest BCUT2D eigenvalue weighted by molar-refractivity contribution is 5.92. The van der Waals surface area contributed by atoms with Crippen LogP contribution in [0, 0.1) is 6.92 Å². The first-order valence-corrected chi connectivity index (χ1v) is 5.27. The van der Waals surface area contributed by atoms with Gasteiger partial charge in [0.15, 0.2) is 5.58 Å². The van der Waals surface area contributed by atoms with Gasteiger partial charge in [-0.15, -0.1) is 0 Å². The fraction of sp³-hybridized carbons (Fsp3) is 0.0714. The molecule has 2 aromatic carbocycles. The van der Waals surface area contributed by atoms with Crippen molar-refractivity contribution in [3.63, 3.8) is 0 Å². The van der Waals surface area contributed by atoms with E-state index in [-0.39, 0.29) is 0 Å². The van der Waals surface area contributed by atoms with Crippen LogP contribution in [0.25, 0.3) is 22.2 Å². The predicted octanol–water partition coefficient (Wildman–Crippen LogP) is 3.80. The molecule has 0 aliphatic heterocycles. The van der Waals surface area contributed by atoms with Crippen LogP contribution in [0.2, 0.25) is 0 Å². The second-order valence-corrected chi connectivity index (χ2v) is 3.85. The van der Waals surface area contributed by atoms with Crippen LogP contribution in [0.4, 0.5) is 0 Å². The minimum atomic E-state index is 0.876. The van der Waals surface area contributed by atoms with E-state index in [0.717, 1.165) is 27.8 Å². The molecule has 16 heavy (non-hydrogen) atoms. The lowest BCUT2D eigenvalue weighted by Gasteiger charge is -1.95. The van der Waals surface area contributed by atoms with Gasteiger partial charge in [-0.2, -0.15) is 0 Å². The number of aromatic nitrogens is 1. The quantitative estimate of drug-likeness (QED) is 0.609. The van der Waals surface area contributed by atoms with Gasteiger partial charge in [0.05, 0.1) is 0 Å². The first-order valence-electron chi connectivity index (χ1n) is 5.27. The average Bonchev–Trinajstić information content (AvgIpc) is 2.75. The number of hydrogen-bond donors (Lipinski definition) is 0. The monoisotopic (exact) mass is 209 g/mol. The molecule has 0 aliphatic carbocycles. The molecule has 78 valence electrons. The Morgan fingerprint density at radius 3 is 2.56 bits per heavy atom. The van der Waals surface area contributed by atoms with Crippen molar-refractivity contribution < 1.29 is 4.52 Å². The van der Waals surface area contributed by atoms with Gasteiger partial charge in [-0.3, -0.25) is 0 Å². The first-order chi connectivity index (χ1) is 7.86. The first kappa shape index (κ1) is 9.16. The van der Waals surface area contributed by atoms with Crippen LogP contribution in [0.1, 0.15) is 5.56 Å².